The first-order valence-electron chi connectivity index (χ1n) is 7.13. The molecule has 0 spiro atoms. The quantitative estimate of drug-likeness (QED) is 0.761. The standard InChI is InChI=1S/C16H23NS/c1-3-5-9-14(17-11-4-2)16-12-13-8-6-7-10-15(13)18-16/h1,12,14,17H,4-11H2,2H3. The molecule has 1 aromatic rings. The monoisotopic (exact) mass is 261 g/mol. The third kappa shape index (κ3) is 3.37. The second kappa shape index (κ2) is 6.97. The molecule has 1 nitrogen and oxygen atoms in total. The van der Waals surface area contributed by atoms with E-state index in [9.17, 15) is 0 Å². The van der Waals surface area contributed by atoms with E-state index in [4.69, 9.17) is 6.42 Å². The Labute approximate surface area is 115 Å². The maximum atomic E-state index is 5.41. The van der Waals surface area contributed by atoms with Crippen molar-refractivity contribution in [3.8, 4) is 12.3 Å². The third-order valence-corrected chi connectivity index (χ3v) is 4.93. The van der Waals surface area contributed by atoms with Crippen LogP contribution in [-0.2, 0) is 12.8 Å². The number of nitrogens with one attached hydrogen (secondary N) is 1. The van der Waals surface area contributed by atoms with Crippen molar-refractivity contribution >= 4 is 11.3 Å². The minimum Gasteiger partial charge on any atom is -0.309 e. The van der Waals surface area contributed by atoms with Gasteiger partial charge in [0.15, 0.2) is 0 Å². The van der Waals surface area contributed by atoms with E-state index in [1.807, 2.05) is 11.3 Å². The summed E-state index contributed by atoms with van der Waals surface area (Å²) in [5.74, 6) is 2.77. The van der Waals surface area contributed by atoms with Crippen LogP contribution in [-0.4, -0.2) is 6.54 Å². The van der Waals surface area contributed by atoms with E-state index in [1.165, 1.54) is 37.0 Å². The zero-order valence-corrected chi connectivity index (χ0v) is 12.1. The first kappa shape index (κ1) is 13.6. The number of thiophene rings is 1. The van der Waals surface area contributed by atoms with Gasteiger partial charge in [0.05, 0.1) is 0 Å². The molecule has 1 aliphatic rings. The fourth-order valence-corrected chi connectivity index (χ4v) is 3.94. The largest absolute Gasteiger partial charge is 0.309 e. The average Bonchev–Trinajstić information content (AvgIpc) is 2.82. The van der Waals surface area contributed by atoms with Crippen molar-refractivity contribution in [2.24, 2.45) is 0 Å². The second-order valence-corrected chi connectivity index (χ2v) is 6.22. The molecule has 0 radical (unpaired) electrons. The van der Waals surface area contributed by atoms with E-state index >= 15 is 0 Å². The van der Waals surface area contributed by atoms with Gasteiger partial charge in [-0.05, 0) is 56.7 Å². The van der Waals surface area contributed by atoms with Crippen molar-refractivity contribution in [1.82, 2.24) is 5.32 Å². The highest BCUT2D eigenvalue weighted by atomic mass is 32.1. The average molecular weight is 261 g/mol. The highest BCUT2D eigenvalue weighted by Gasteiger charge is 2.18. The van der Waals surface area contributed by atoms with E-state index in [-0.39, 0.29) is 0 Å². The van der Waals surface area contributed by atoms with Crippen molar-refractivity contribution in [2.45, 2.75) is 57.9 Å². The fourth-order valence-electron chi connectivity index (χ4n) is 2.58. The second-order valence-electron chi connectivity index (χ2n) is 5.05. The molecule has 1 N–H and O–H groups in total. The fraction of sp³-hybridized carbons (Fsp3) is 0.625. The van der Waals surface area contributed by atoms with Crippen LogP contribution < -0.4 is 5.32 Å². The lowest BCUT2D eigenvalue weighted by atomic mass is 9.98. The SMILES string of the molecule is C#CCCC(NCCC)c1cc2c(s1)CCCC2. The molecule has 18 heavy (non-hydrogen) atoms. The Morgan fingerprint density at radius 3 is 3.00 bits per heavy atom. The zero-order chi connectivity index (χ0) is 12.8. The van der Waals surface area contributed by atoms with Gasteiger partial charge >= 0.3 is 0 Å². The van der Waals surface area contributed by atoms with Gasteiger partial charge in [0.25, 0.3) is 0 Å². The van der Waals surface area contributed by atoms with Crippen molar-refractivity contribution in [3.05, 3.63) is 21.4 Å². The van der Waals surface area contributed by atoms with Crippen LogP contribution in [0, 0.1) is 12.3 Å². The lowest BCUT2D eigenvalue weighted by molar-refractivity contribution is 0.512. The molecule has 1 atom stereocenters. The number of fused-ring (bicyclic) bond motifs is 1. The van der Waals surface area contributed by atoms with Crippen molar-refractivity contribution in [3.63, 3.8) is 0 Å². The van der Waals surface area contributed by atoms with Crippen LogP contribution in [0.15, 0.2) is 6.07 Å². The van der Waals surface area contributed by atoms with Gasteiger partial charge in [-0.1, -0.05) is 6.92 Å². The van der Waals surface area contributed by atoms with Gasteiger partial charge < -0.3 is 5.32 Å². The predicted octanol–water partition coefficient (Wildman–Crippen LogP) is 4.08. The molecule has 2 heteroatoms. The summed E-state index contributed by atoms with van der Waals surface area (Å²) < 4.78 is 0. The molecule has 1 aliphatic carbocycles. The number of hydrogen-bond donors (Lipinski definition) is 1. The molecule has 1 unspecified atom stereocenters. The molecule has 0 fully saturated rings. The Balaban J connectivity index is 2.08. The highest BCUT2D eigenvalue weighted by Crippen LogP contribution is 2.34. The Morgan fingerprint density at radius 1 is 1.44 bits per heavy atom. The number of hydrogen-bond acceptors (Lipinski definition) is 2. The lowest BCUT2D eigenvalue weighted by Crippen LogP contribution is -2.21. The lowest BCUT2D eigenvalue weighted by Gasteiger charge is -2.15. The summed E-state index contributed by atoms with van der Waals surface area (Å²) in [6, 6.07) is 2.90. The first-order valence-corrected chi connectivity index (χ1v) is 7.95. The van der Waals surface area contributed by atoms with Gasteiger partial charge in [-0.3, -0.25) is 0 Å². The molecule has 98 valence electrons. The molecule has 2 rings (SSSR count). The number of terminal acetylenes is 1. The minimum atomic E-state index is 0.469. The maximum Gasteiger partial charge on any atom is 0.0424 e. The van der Waals surface area contributed by atoms with Gasteiger partial charge in [-0.2, -0.15) is 0 Å². The summed E-state index contributed by atoms with van der Waals surface area (Å²) in [6.07, 6.45) is 13.8. The van der Waals surface area contributed by atoms with E-state index in [1.54, 1.807) is 10.4 Å². The molecule has 0 saturated carbocycles. The molecular weight excluding hydrogens is 238 g/mol. The minimum absolute atomic E-state index is 0.469. The molecular formula is C16H23NS. The summed E-state index contributed by atoms with van der Waals surface area (Å²) in [5, 5.41) is 3.64. The first-order chi connectivity index (χ1) is 8.85. The van der Waals surface area contributed by atoms with Crippen LogP contribution in [0.1, 0.15) is 60.4 Å². The van der Waals surface area contributed by atoms with Crippen molar-refractivity contribution in [1.29, 1.82) is 0 Å². The van der Waals surface area contributed by atoms with Crippen LogP contribution in [0.3, 0.4) is 0 Å². The zero-order valence-electron chi connectivity index (χ0n) is 11.3. The summed E-state index contributed by atoms with van der Waals surface area (Å²) in [4.78, 5) is 3.13. The topological polar surface area (TPSA) is 12.0 Å². The van der Waals surface area contributed by atoms with Crippen LogP contribution >= 0.6 is 11.3 Å². The number of aryl methyl sites for hydroxylation is 2. The van der Waals surface area contributed by atoms with Gasteiger partial charge in [-0.25, -0.2) is 0 Å². The molecule has 0 saturated heterocycles. The van der Waals surface area contributed by atoms with Gasteiger partial charge in [0.1, 0.15) is 0 Å². The predicted molar refractivity (Wildman–Crippen MR) is 80.1 cm³/mol. The smallest absolute Gasteiger partial charge is 0.0424 e. The summed E-state index contributed by atoms with van der Waals surface area (Å²) >= 11 is 2.01. The summed E-state index contributed by atoms with van der Waals surface area (Å²) in [7, 11) is 0. The Morgan fingerprint density at radius 2 is 2.28 bits per heavy atom. The molecule has 1 aromatic heterocycles. The number of rotatable bonds is 6. The maximum absolute atomic E-state index is 5.41. The van der Waals surface area contributed by atoms with E-state index in [2.05, 4.69) is 24.2 Å². The third-order valence-electron chi connectivity index (χ3n) is 3.58. The molecule has 0 bridgehead atoms. The molecule has 0 amide bonds. The van der Waals surface area contributed by atoms with Crippen LogP contribution in [0.5, 0.6) is 0 Å². The van der Waals surface area contributed by atoms with Crippen LogP contribution in [0.2, 0.25) is 0 Å². The summed E-state index contributed by atoms with van der Waals surface area (Å²) in [5.41, 5.74) is 1.60. The van der Waals surface area contributed by atoms with Crippen LogP contribution in [0.4, 0.5) is 0 Å². The van der Waals surface area contributed by atoms with Gasteiger partial charge in [0.2, 0.25) is 0 Å². The Hall–Kier alpha value is -0.780. The van der Waals surface area contributed by atoms with E-state index < -0.39 is 0 Å². The van der Waals surface area contributed by atoms with E-state index in [0.29, 0.717) is 6.04 Å². The van der Waals surface area contributed by atoms with E-state index in [0.717, 1.165) is 19.4 Å². The molecule has 0 aliphatic heterocycles. The summed E-state index contributed by atoms with van der Waals surface area (Å²) in [6.45, 7) is 3.29. The van der Waals surface area contributed by atoms with Crippen molar-refractivity contribution in [2.75, 3.05) is 6.54 Å². The Bertz CT molecular complexity index is 390. The van der Waals surface area contributed by atoms with Gasteiger partial charge in [-0.15, -0.1) is 23.7 Å². The van der Waals surface area contributed by atoms with Crippen LogP contribution in [0.25, 0.3) is 0 Å². The molecule has 0 aromatic carbocycles. The van der Waals surface area contributed by atoms with Gasteiger partial charge in [0, 0.05) is 22.2 Å². The Kier molecular flexibility index (Phi) is 5.28. The normalized spacial score (nSPS) is 16.0. The highest BCUT2D eigenvalue weighted by molar-refractivity contribution is 7.12. The molecule has 1 heterocycles. The van der Waals surface area contributed by atoms with Crippen molar-refractivity contribution < 1.29 is 0 Å².